The van der Waals surface area contributed by atoms with Gasteiger partial charge in [0.1, 0.15) is 23.1 Å². The number of rotatable bonds is 6. The molecule has 8 heteroatoms. The molecule has 0 saturated carbocycles. The molecule has 1 fully saturated rings. The van der Waals surface area contributed by atoms with Gasteiger partial charge in [0.2, 0.25) is 5.91 Å². The third-order valence-electron chi connectivity index (χ3n) is 5.47. The summed E-state index contributed by atoms with van der Waals surface area (Å²) in [6, 6.07) is 5.36. The number of hydrogen-bond donors (Lipinski definition) is 0. The predicted molar refractivity (Wildman–Crippen MR) is 115 cm³/mol. The molecule has 1 saturated heterocycles. The van der Waals surface area contributed by atoms with Crippen molar-refractivity contribution in [1.29, 1.82) is 0 Å². The Kier molecular flexibility index (Phi) is 8.15. The summed E-state index contributed by atoms with van der Waals surface area (Å²) in [5, 5.41) is 0. The highest BCUT2D eigenvalue weighted by molar-refractivity contribution is 6.02. The van der Waals surface area contributed by atoms with Gasteiger partial charge in [-0.25, -0.2) is 14.1 Å². The maximum absolute atomic E-state index is 13.6. The number of ketones is 1. The van der Waals surface area contributed by atoms with Gasteiger partial charge in [-0.3, -0.25) is 14.4 Å². The molecule has 2 rings (SSSR count). The molecule has 0 aliphatic carbocycles. The van der Waals surface area contributed by atoms with E-state index in [1.54, 1.807) is 34.6 Å². The number of carbonyl (C=O) groups excluding carboxylic acids is 4. The van der Waals surface area contributed by atoms with E-state index in [0.717, 1.165) is 4.90 Å². The zero-order chi connectivity index (χ0) is 24.2. The van der Waals surface area contributed by atoms with E-state index in [9.17, 15) is 23.6 Å². The standard InChI is InChI=1S/C24H32FNO6/c1-14(2)20(27)19(22(29)31-6)18(15-9-11-16(25)12-10-15)17-8-7-13-26(21(17)28)23(30)32-24(3,4)5/h9-12,14,17-19H,7-8,13H2,1-6H3. The molecule has 176 valence electrons. The lowest BCUT2D eigenvalue weighted by Gasteiger charge is -2.38. The number of halogens is 1. The van der Waals surface area contributed by atoms with Crippen LogP contribution in [0.1, 0.15) is 58.9 Å². The summed E-state index contributed by atoms with van der Waals surface area (Å²) in [5.74, 6) is -5.67. The Hall–Kier alpha value is -2.77. The normalized spacial score (nSPS) is 18.8. The molecule has 0 aromatic heterocycles. The maximum Gasteiger partial charge on any atom is 0.417 e. The van der Waals surface area contributed by atoms with E-state index < -0.39 is 53.1 Å². The molecule has 7 nitrogen and oxygen atoms in total. The Balaban J connectivity index is 2.54. The van der Waals surface area contributed by atoms with E-state index >= 15 is 0 Å². The number of esters is 1. The van der Waals surface area contributed by atoms with Crippen LogP contribution >= 0.6 is 0 Å². The van der Waals surface area contributed by atoms with E-state index in [1.165, 1.54) is 31.4 Å². The summed E-state index contributed by atoms with van der Waals surface area (Å²) in [6.07, 6.45) is 0.0748. The van der Waals surface area contributed by atoms with Gasteiger partial charge in [-0.15, -0.1) is 0 Å². The fourth-order valence-electron chi connectivity index (χ4n) is 4.00. The van der Waals surface area contributed by atoms with Crippen molar-refractivity contribution >= 4 is 23.8 Å². The quantitative estimate of drug-likeness (QED) is 0.480. The number of ether oxygens (including phenoxy) is 2. The van der Waals surface area contributed by atoms with Crippen LogP contribution in [0.5, 0.6) is 0 Å². The molecule has 3 unspecified atom stereocenters. The van der Waals surface area contributed by atoms with Crippen LogP contribution in [0.4, 0.5) is 9.18 Å². The Bertz CT molecular complexity index is 858. The summed E-state index contributed by atoms with van der Waals surface area (Å²) in [7, 11) is 1.18. The fraction of sp³-hybridized carbons (Fsp3) is 0.583. The van der Waals surface area contributed by atoms with Gasteiger partial charge in [0.05, 0.1) is 7.11 Å². The van der Waals surface area contributed by atoms with Crippen molar-refractivity contribution in [3.05, 3.63) is 35.6 Å². The van der Waals surface area contributed by atoms with Gasteiger partial charge in [-0.2, -0.15) is 0 Å². The Labute approximate surface area is 188 Å². The second-order valence-corrected chi connectivity index (χ2v) is 9.35. The Morgan fingerprint density at radius 2 is 1.72 bits per heavy atom. The van der Waals surface area contributed by atoms with Gasteiger partial charge >= 0.3 is 12.1 Å². The van der Waals surface area contributed by atoms with Gasteiger partial charge in [-0.1, -0.05) is 26.0 Å². The number of benzene rings is 1. The Morgan fingerprint density at radius 1 is 1.12 bits per heavy atom. The first-order chi connectivity index (χ1) is 14.9. The summed E-state index contributed by atoms with van der Waals surface area (Å²) in [4.78, 5) is 53.0. The highest BCUT2D eigenvalue weighted by Gasteiger charge is 2.47. The van der Waals surface area contributed by atoms with Crippen LogP contribution in [-0.4, -0.2) is 47.9 Å². The molecule has 1 aromatic rings. The molecular weight excluding hydrogens is 417 g/mol. The maximum atomic E-state index is 13.6. The van der Waals surface area contributed by atoms with Gasteiger partial charge in [-0.05, 0) is 51.3 Å². The molecule has 1 aliphatic rings. The van der Waals surface area contributed by atoms with Crippen LogP contribution in [0.2, 0.25) is 0 Å². The molecule has 0 bridgehead atoms. The minimum atomic E-state index is -1.27. The second-order valence-electron chi connectivity index (χ2n) is 9.35. The fourth-order valence-corrected chi connectivity index (χ4v) is 4.00. The summed E-state index contributed by atoms with van der Waals surface area (Å²) >= 11 is 0. The molecule has 32 heavy (non-hydrogen) atoms. The lowest BCUT2D eigenvalue weighted by Crippen LogP contribution is -2.50. The number of amides is 2. The highest BCUT2D eigenvalue weighted by Crippen LogP contribution is 2.40. The Morgan fingerprint density at radius 3 is 2.22 bits per heavy atom. The smallest absolute Gasteiger partial charge is 0.417 e. The number of piperidine rings is 1. The van der Waals surface area contributed by atoms with Crippen molar-refractivity contribution in [2.75, 3.05) is 13.7 Å². The summed E-state index contributed by atoms with van der Waals surface area (Å²) in [6.45, 7) is 8.61. The van der Waals surface area contributed by atoms with E-state index in [4.69, 9.17) is 9.47 Å². The topological polar surface area (TPSA) is 90.0 Å². The molecule has 0 spiro atoms. The van der Waals surface area contributed by atoms with Crippen molar-refractivity contribution in [2.45, 2.75) is 59.0 Å². The number of Topliss-reactive ketones (excluding diaryl/α,β-unsaturated/α-hetero) is 1. The van der Waals surface area contributed by atoms with Gasteiger partial charge in [0.25, 0.3) is 0 Å². The van der Waals surface area contributed by atoms with Crippen LogP contribution in [0.3, 0.4) is 0 Å². The monoisotopic (exact) mass is 449 g/mol. The van der Waals surface area contributed by atoms with E-state index in [-0.39, 0.29) is 12.3 Å². The average Bonchev–Trinajstić information content (AvgIpc) is 2.71. The molecular formula is C24H32FNO6. The number of nitrogens with zero attached hydrogens (tertiary/aromatic N) is 1. The average molecular weight is 450 g/mol. The molecule has 0 radical (unpaired) electrons. The second kappa shape index (κ2) is 10.2. The van der Waals surface area contributed by atoms with Crippen molar-refractivity contribution in [2.24, 2.45) is 17.8 Å². The third-order valence-corrected chi connectivity index (χ3v) is 5.47. The first-order valence-electron chi connectivity index (χ1n) is 10.8. The van der Waals surface area contributed by atoms with Crippen LogP contribution < -0.4 is 0 Å². The van der Waals surface area contributed by atoms with E-state index in [0.29, 0.717) is 18.4 Å². The minimum absolute atomic E-state index is 0.182. The van der Waals surface area contributed by atoms with E-state index in [2.05, 4.69) is 0 Å². The van der Waals surface area contributed by atoms with E-state index in [1.807, 2.05) is 0 Å². The highest BCUT2D eigenvalue weighted by atomic mass is 19.1. The number of methoxy groups -OCH3 is 1. The van der Waals surface area contributed by atoms with Crippen molar-refractivity contribution in [3.63, 3.8) is 0 Å². The zero-order valence-electron chi connectivity index (χ0n) is 19.5. The number of likely N-dealkylation sites (tertiary alicyclic amines) is 1. The minimum Gasteiger partial charge on any atom is -0.468 e. The van der Waals surface area contributed by atoms with Gasteiger partial charge in [0, 0.05) is 24.3 Å². The lowest BCUT2D eigenvalue weighted by atomic mass is 9.70. The SMILES string of the molecule is COC(=O)C(C(=O)C(C)C)C(c1ccc(F)cc1)C1CCCN(C(=O)OC(C)(C)C)C1=O. The summed E-state index contributed by atoms with van der Waals surface area (Å²) in [5.41, 5.74) is -0.330. The van der Waals surface area contributed by atoms with Crippen LogP contribution in [0.15, 0.2) is 24.3 Å². The largest absolute Gasteiger partial charge is 0.468 e. The van der Waals surface area contributed by atoms with Crippen LogP contribution in [-0.2, 0) is 23.9 Å². The number of hydrogen-bond acceptors (Lipinski definition) is 6. The first kappa shape index (κ1) is 25.5. The molecule has 0 N–H and O–H groups in total. The van der Waals surface area contributed by atoms with Crippen molar-refractivity contribution in [3.8, 4) is 0 Å². The van der Waals surface area contributed by atoms with Crippen molar-refractivity contribution < 1.29 is 33.0 Å². The molecule has 1 aromatic carbocycles. The molecule has 1 aliphatic heterocycles. The zero-order valence-corrected chi connectivity index (χ0v) is 19.5. The van der Waals surface area contributed by atoms with Gasteiger partial charge in [0.15, 0.2) is 0 Å². The first-order valence-corrected chi connectivity index (χ1v) is 10.8. The van der Waals surface area contributed by atoms with Crippen LogP contribution in [0.25, 0.3) is 0 Å². The third kappa shape index (κ3) is 5.93. The van der Waals surface area contributed by atoms with Crippen molar-refractivity contribution in [1.82, 2.24) is 4.90 Å². The molecule has 1 heterocycles. The lowest BCUT2D eigenvalue weighted by molar-refractivity contribution is -0.153. The number of carbonyl (C=O) groups is 4. The number of imide groups is 1. The van der Waals surface area contributed by atoms with Gasteiger partial charge < -0.3 is 9.47 Å². The summed E-state index contributed by atoms with van der Waals surface area (Å²) < 4.78 is 23.9. The predicted octanol–water partition coefficient (Wildman–Crippen LogP) is 4.10. The molecule has 3 atom stereocenters. The van der Waals surface area contributed by atoms with Crippen LogP contribution in [0, 0.1) is 23.6 Å². The molecule has 2 amide bonds.